The molecule has 0 amide bonds. The summed E-state index contributed by atoms with van der Waals surface area (Å²) in [5.41, 5.74) is 7.53. The predicted molar refractivity (Wildman–Crippen MR) is 143 cm³/mol. The van der Waals surface area contributed by atoms with Gasteiger partial charge in [0.25, 0.3) is 0 Å². The zero-order valence-corrected chi connectivity index (χ0v) is 21.3. The van der Waals surface area contributed by atoms with E-state index in [4.69, 9.17) is 4.99 Å². The molecule has 0 aliphatic heterocycles. The zero-order chi connectivity index (χ0) is 23.3. The van der Waals surface area contributed by atoms with Crippen LogP contribution in [0.1, 0.15) is 81.5 Å². The minimum Gasteiger partial charge on any atom is -0.355 e. The molecule has 0 saturated carbocycles. The van der Waals surface area contributed by atoms with Crippen molar-refractivity contribution in [2.24, 2.45) is 4.99 Å². The molecule has 0 fully saturated rings. The normalized spacial score (nSPS) is 12.1. The van der Waals surface area contributed by atoms with E-state index in [0.29, 0.717) is 17.8 Å². The highest BCUT2D eigenvalue weighted by molar-refractivity contribution is 8.14. The molecule has 3 aromatic rings. The van der Waals surface area contributed by atoms with E-state index in [2.05, 4.69) is 108 Å². The minimum absolute atomic E-state index is 0.449. The monoisotopic (exact) mass is 444 g/mol. The van der Waals surface area contributed by atoms with Gasteiger partial charge in [-0.3, -0.25) is 4.99 Å². The van der Waals surface area contributed by atoms with Gasteiger partial charge in [0.1, 0.15) is 5.04 Å². The molecule has 0 atom stereocenters. The smallest absolute Gasteiger partial charge is 0.104 e. The summed E-state index contributed by atoms with van der Waals surface area (Å²) in [5.74, 6) is 1.41. The van der Waals surface area contributed by atoms with Crippen LogP contribution in [0.2, 0.25) is 0 Å². The Morgan fingerprint density at radius 1 is 0.750 bits per heavy atom. The van der Waals surface area contributed by atoms with Crippen LogP contribution in [0.4, 0.5) is 11.4 Å². The number of thioether (sulfide) groups is 1. The van der Waals surface area contributed by atoms with E-state index in [9.17, 15) is 0 Å². The van der Waals surface area contributed by atoms with Crippen LogP contribution in [0.5, 0.6) is 0 Å². The number of anilines is 2. The molecule has 0 aliphatic rings. The van der Waals surface area contributed by atoms with Crippen LogP contribution in [0.25, 0.3) is 0 Å². The van der Waals surface area contributed by atoms with Gasteiger partial charge in [0.2, 0.25) is 0 Å². The van der Waals surface area contributed by atoms with Crippen molar-refractivity contribution < 1.29 is 0 Å². The lowest BCUT2D eigenvalue weighted by Gasteiger charge is -2.23. The first-order chi connectivity index (χ1) is 15.3. The maximum atomic E-state index is 4.75. The van der Waals surface area contributed by atoms with Gasteiger partial charge in [0, 0.05) is 28.9 Å². The third kappa shape index (κ3) is 5.63. The third-order valence-corrected chi connectivity index (χ3v) is 6.96. The Morgan fingerprint density at radius 2 is 1.31 bits per heavy atom. The topological polar surface area (TPSA) is 24.4 Å². The van der Waals surface area contributed by atoms with Crippen LogP contribution >= 0.6 is 11.8 Å². The standard InChI is InChI=1S/C29H36N2S/c1-19(2)22-17-25(20(3)4)28(26(18-22)21(5)6)32-29(30-7)24-15-11-12-16-27(24)31-23-13-9-8-10-14-23/h8-21,31H,1-7H3. The fraction of sp³-hybridized carbons (Fsp3) is 0.345. The molecule has 0 aliphatic carbocycles. The summed E-state index contributed by atoms with van der Waals surface area (Å²) in [6, 6.07) is 23.6. The van der Waals surface area contributed by atoms with E-state index < -0.39 is 0 Å². The van der Waals surface area contributed by atoms with Crippen LogP contribution in [-0.2, 0) is 0 Å². The van der Waals surface area contributed by atoms with Crippen molar-refractivity contribution in [1.29, 1.82) is 0 Å². The fourth-order valence-corrected chi connectivity index (χ4v) is 5.18. The molecule has 1 N–H and O–H groups in total. The number of hydrogen-bond donors (Lipinski definition) is 1. The van der Waals surface area contributed by atoms with E-state index in [0.717, 1.165) is 22.0 Å². The lowest BCUT2D eigenvalue weighted by atomic mass is 9.89. The number of benzene rings is 3. The van der Waals surface area contributed by atoms with Crippen LogP contribution in [0, 0.1) is 0 Å². The van der Waals surface area contributed by atoms with Gasteiger partial charge < -0.3 is 5.32 Å². The molecule has 0 aromatic heterocycles. The number of para-hydroxylation sites is 2. The van der Waals surface area contributed by atoms with Crippen LogP contribution < -0.4 is 5.32 Å². The van der Waals surface area contributed by atoms with E-state index >= 15 is 0 Å². The summed E-state index contributed by atoms with van der Waals surface area (Å²) in [5, 5.41) is 4.61. The van der Waals surface area contributed by atoms with Crippen LogP contribution in [-0.4, -0.2) is 12.1 Å². The highest BCUT2D eigenvalue weighted by Gasteiger charge is 2.21. The second kappa shape index (κ2) is 10.9. The largest absolute Gasteiger partial charge is 0.355 e. The van der Waals surface area contributed by atoms with Crippen molar-refractivity contribution >= 4 is 28.2 Å². The summed E-state index contributed by atoms with van der Waals surface area (Å²) in [4.78, 5) is 6.11. The quantitative estimate of drug-likeness (QED) is 0.223. The maximum absolute atomic E-state index is 4.75. The summed E-state index contributed by atoms with van der Waals surface area (Å²) >= 11 is 1.81. The summed E-state index contributed by atoms with van der Waals surface area (Å²) < 4.78 is 0. The number of aliphatic imine (C=N–C) groups is 1. The molecule has 3 rings (SSSR count). The van der Waals surface area contributed by atoms with Crippen molar-refractivity contribution in [2.45, 2.75) is 64.2 Å². The average Bonchev–Trinajstić information content (AvgIpc) is 2.78. The molecule has 3 heteroatoms. The number of rotatable bonds is 7. The third-order valence-electron chi connectivity index (χ3n) is 5.69. The van der Waals surface area contributed by atoms with Crippen molar-refractivity contribution in [1.82, 2.24) is 0 Å². The predicted octanol–water partition coefficient (Wildman–Crippen LogP) is 8.97. The zero-order valence-electron chi connectivity index (χ0n) is 20.4. The van der Waals surface area contributed by atoms with Crippen LogP contribution in [0.3, 0.4) is 0 Å². The molecular weight excluding hydrogens is 408 g/mol. The molecule has 0 radical (unpaired) electrons. The number of nitrogens with zero attached hydrogens (tertiary/aromatic N) is 1. The number of nitrogens with one attached hydrogen (secondary N) is 1. The first-order valence-electron chi connectivity index (χ1n) is 11.6. The Balaban J connectivity index is 2.07. The van der Waals surface area contributed by atoms with E-state index in [1.807, 2.05) is 13.1 Å². The molecular formula is C29H36N2S. The van der Waals surface area contributed by atoms with Gasteiger partial charge in [-0.1, -0.05) is 102 Å². The molecule has 168 valence electrons. The van der Waals surface area contributed by atoms with Crippen molar-refractivity contribution in [3.63, 3.8) is 0 Å². The molecule has 0 heterocycles. The van der Waals surface area contributed by atoms with Gasteiger partial charge in [-0.2, -0.15) is 0 Å². The van der Waals surface area contributed by atoms with Gasteiger partial charge in [-0.15, -0.1) is 0 Å². The Morgan fingerprint density at radius 3 is 1.84 bits per heavy atom. The lowest BCUT2D eigenvalue weighted by molar-refractivity contribution is 0.772. The maximum Gasteiger partial charge on any atom is 0.104 e. The first kappa shape index (κ1) is 24.1. The second-order valence-electron chi connectivity index (χ2n) is 9.16. The lowest BCUT2D eigenvalue weighted by Crippen LogP contribution is -2.07. The first-order valence-corrected chi connectivity index (χ1v) is 12.4. The highest BCUT2D eigenvalue weighted by Crippen LogP contribution is 2.40. The minimum atomic E-state index is 0.449. The highest BCUT2D eigenvalue weighted by atomic mass is 32.2. The summed E-state index contributed by atoms with van der Waals surface area (Å²) in [6.07, 6.45) is 0. The average molecular weight is 445 g/mol. The van der Waals surface area contributed by atoms with Crippen molar-refractivity contribution in [3.8, 4) is 0 Å². The molecule has 0 spiro atoms. The fourth-order valence-electron chi connectivity index (χ4n) is 3.78. The van der Waals surface area contributed by atoms with Gasteiger partial charge in [0.05, 0.1) is 0 Å². The van der Waals surface area contributed by atoms with Crippen molar-refractivity contribution in [2.75, 3.05) is 12.4 Å². The van der Waals surface area contributed by atoms with Gasteiger partial charge in [-0.25, -0.2) is 0 Å². The SMILES string of the molecule is CN=C(Sc1c(C(C)C)cc(C(C)C)cc1C(C)C)c1ccccc1Nc1ccccc1. The van der Waals surface area contributed by atoms with E-state index in [-0.39, 0.29) is 0 Å². The molecule has 32 heavy (non-hydrogen) atoms. The molecule has 2 nitrogen and oxygen atoms in total. The summed E-state index contributed by atoms with van der Waals surface area (Å²) in [7, 11) is 1.90. The van der Waals surface area contributed by atoms with E-state index in [1.165, 1.54) is 21.6 Å². The second-order valence-corrected chi connectivity index (χ2v) is 10.2. The Hall–Kier alpha value is -2.52. The molecule has 3 aromatic carbocycles. The van der Waals surface area contributed by atoms with Crippen LogP contribution in [0.15, 0.2) is 76.6 Å². The van der Waals surface area contributed by atoms with Gasteiger partial charge in [-0.05, 0) is 52.6 Å². The Labute approximate surface area is 198 Å². The molecule has 0 unspecified atom stereocenters. The van der Waals surface area contributed by atoms with Gasteiger partial charge in [0.15, 0.2) is 0 Å². The Kier molecular flexibility index (Phi) is 8.20. The van der Waals surface area contributed by atoms with Gasteiger partial charge >= 0.3 is 0 Å². The molecule has 0 saturated heterocycles. The Bertz CT molecular complexity index is 1040. The number of hydrogen-bond acceptors (Lipinski definition) is 3. The molecule has 0 bridgehead atoms. The van der Waals surface area contributed by atoms with Crippen molar-refractivity contribution in [3.05, 3.63) is 89.0 Å². The van der Waals surface area contributed by atoms with E-state index in [1.54, 1.807) is 11.8 Å². The summed E-state index contributed by atoms with van der Waals surface area (Å²) in [6.45, 7) is 13.7.